The number of amides is 1. The second-order valence-electron chi connectivity index (χ2n) is 12.0. The zero-order chi connectivity index (χ0) is 33.6. The van der Waals surface area contributed by atoms with Crippen LogP contribution in [0.4, 0.5) is 0 Å². The van der Waals surface area contributed by atoms with Crippen LogP contribution in [0, 0.1) is 0 Å². The van der Waals surface area contributed by atoms with Crippen LogP contribution < -0.4 is 26.2 Å². The summed E-state index contributed by atoms with van der Waals surface area (Å²) in [6, 6.07) is -2.51. The van der Waals surface area contributed by atoms with E-state index in [0.717, 1.165) is 0 Å². The summed E-state index contributed by atoms with van der Waals surface area (Å²) in [6.45, 7) is -0.106. The number of aliphatic hydroxyl groups excluding tert-OH is 8. The van der Waals surface area contributed by atoms with E-state index >= 15 is 0 Å². The highest BCUT2D eigenvalue weighted by Crippen LogP contribution is 2.32. The monoisotopic (exact) mass is 656 g/mol. The molecule has 3 rings (SSSR count). The molecule has 0 spiro atoms. The molecule has 16 unspecified atom stereocenters. The van der Waals surface area contributed by atoms with E-state index in [0.29, 0.717) is 6.54 Å². The maximum Gasteiger partial charge on any atom is 0.340 e. The highest BCUT2D eigenvalue weighted by Gasteiger charge is 2.55. The van der Waals surface area contributed by atoms with Crippen molar-refractivity contribution in [3.63, 3.8) is 0 Å². The minimum absolute atomic E-state index is 0.109. The van der Waals surface area contributed by atoms with Gasteiger partial charge in [-0.2, -0.15) is 0 Å². The van der Waals surface area contributed by atoms with Crippen LogP contribution >= 0.6 is 0 Å². The minimum atomic E-state index is -1.68. The topological polar surface area (TPSA) is 268 Å². The van der Waals surface area contributed by atoms with E-state index in [4.69, 9.17) is 18.9 Å². The predicted molar refractivity (Wildman–Crippen MR) is 155 cm³/mol. The van der Waals surface area contributed by atoms with E-state index in [1.807, 2.05) is 0 Å². The number of carbonyl (C=O) groups is 1. The van der Waals surface area contributed by atoms with Crippen LogP contribution in [0.2, 0.25) is 0 Å². The zero-order valence-corrected chi connectivity index (χ0v) is 26.4. The minimum Gasteiger partial charge on any atom is -0.394 e. The summed E-state index contributed by atoms with van der Waals surface area (Å²) in [4.78, 5) is 13.5. The summed E-state index contributed by atoms with van der Waals surface area (Å²) in [7, 11) is 7.92. The fourth-order valence-electron chi connectivity index (χ4n) is 6.37. The van der Waals surface area contributed by atoms with Crippen molar-refractivity contribution in [2.24, 2.45) is 0 Å². The Kier molecular flexibility index (Phi) is 14.9. The van der Waals surface area contributed by atoms with Crippen LogP contribution in [0.5, 0.6) is 0 Å². The normalized spacial score (nSPS) is 44.0. The lowest BCUT2D eigenvalue weighted by atomic mass is 9.82. The van der Waals surface area contributed by atoms with Gasteiger partial charge in [0.05, 0.1) is 19.7 Å². The number of rotatable bonds is 14. The SMILES string of the molecule is CNCC[C@H](O)C(=O)[NH+](C)C1CC(NC)C(OC2OC(CNC)C(O)C(O)C2O)C(O)C1OC1OC(CO)C(O)C(NC)C1O. The Labute approximate surface area is 262 Å². The van der Waals surface area contributed by atoms with Gasteiger partial charge in [-0.25, -0.2) is 4.79 Å². The molecule has 264 valence electrons. The lowest BCUT2D eigenvalue weighted by Crippen LogP contribution is -3.19. The molecule has 3 fully saturated rings. The second kappa shape index (κ2) is 17.4. The van der Waals surface area contributed by atoms with E-state index in [1.165, 1.54) is 14.1 Å². The van der Waals surface area contributed by atoms with Gasteiger partial charge in [0.2, 0.25) is 0 Å². The lowest BCUT2D eigenvalue weighted by Gasteiger charge is -2.49. The van der Waals surface area contributed by atoms with Gasteiger partial charge in [-0.15, -0.1) is 0 Å². The van der Waals surface area contributed by atoms with Gasteiger partial charge in [-0.3, -0.25) is 4.90 Å². The van der Waals surface area contributed by atoms with Gasteiger partial charge in [-0.1, -0.05) is 0 Å². The molecule has 18 nitrogen and oxygen atoms in total. The molecule has 1 saturated carbocycles. The first-order chi connectivity index (χ1) is 21.4. The summed E-state index contributed by atoms with van der Waals surface area (Å²) in [5.41, 5.74) is 0. The number of likely N-dealkylation sites (N-methyl/N-ethyl adjacent to an activating group) is 4. The van der Waals surface area contributed by atoms with E-state index in [9.17, 15) is 45.6 Å². The summed E-state index contributed by atoms with van der Waals surface area (Å²) >= 11 is 0. The first-order valence-corrected chi connectivity index (χ1v) is 15.4. The zero-order valence-electron chi connectivity index (χ0n) is 26.4. The Morgan fingerprint density at radius 3 is 2.02 bits per heavy atom. The molecule has 0 aromatic rings. The molecule has 0 radical (unpaired) electrons. The molecule has 0 aromatic heterocycles. The van der Waals surface area contributed by atoms with Crippen LogP contribution in [0.1, 0.15) is 12.8 Å². The Bertz CT molecular complexity index is 913. The molecule has 2 saturated heterocycles. The van der Waals surface area contributed by atoms with E-state index in [1.54, 1.807) is 21.1 Å². The summed E-state index contributed by atoms with van der Waals surface area (Å²) < 4.78 is 23.7. The molecular formula is C27H54N5O13+. The van der Waals surface area contributed by atoms with Crippen molar-refractivity contribution in [1.82, 2.24) is 21.3 Å². The van der Waals surface area contributed by atoms with Crippen LogP contribution in [-0.4, -0.2) is 200 Å². The summed E-state index contributed by atoms with van der Waals surface area (Å²) in [5.74, 6) is -0.565. The maximum atomic E-state index is 13.3. The van der Waals surface area contributed by atoms with Crippen molar-refractivity contribution in [2.75, 3.05) is 54.9 Å². The Balaban J connectivity index is 1.95. The fraction of sp³-hybridized carbons (Fsp3) is 0.963. The van der Waals surface area contributed by atoms with Crippen LogP contribution in [0.15, 0.2) is 0 Å². The van der Waals surface area contributed by atoms with Crippen molar-refractivity contribution in [2.45, 2.75) is 111 Å². The van der Waals surface area contributed by atoms with Gasteiger partial charge in [-0.05, 0) is 41.2 Å². The number of nitrogens with one attached hydrogen (secondary N) is 5. The number of ether oxygens (including phenoxy) is 4. The summed E-state index contributed by atoms with van der Waals surface area (Å²) in [6.07, 6.45) is -17.7. The van der Waals surface area contributed by atoms with Crippen molar-refractivity contribution in [3.8, 4) is 0 Å². The van der Waals surface area contributed by atoms with Crippen LogP contribution in [0.25, 0.3) is 0 Å². The van der Waals surface area contributed by atoms with Crippen LogP contribution in [-0.2, 0) is 23.7 Å². The third-order valence-corrected chi connectivity index (χ3v) is 9.13. The molecule has 2 aliphatic heterocycles. The fourth-order valence-corrected chi connectivity index (χ4v) is 6.37. The third-order valence-electron chi connectivity index (χ3n) is 9.13. The van der Waals surface area contributed by atoms with E-state index < -0.39 is 110 Å². The number of quaternary nitrogens is 1. The molecule has 2 heterocycles. The van der Waals surface area contributed by atoms with Gasteiger partial charge >= 0.3 is 5.91 Å². The van der Waals surface area contributed by atoms with Gasteiger partial charge in [0.25, 0.3) is 0 Å². The molecule has 0 aromatic carbocycles. The predicted octanol–water partition coefficient (Wildman–Crippen LogP) is -8.46. The Morgan fingerprint density at radius 1 is 0.822 bits per heavy atom. The highest BCUT2D eigenvalue weighted by atomic mass is 16.7. The molecule has 17 atom stereocenters. The average Bonchev–Trinajstić information content (AvgIpc) is 3.03. The number of aliphatic hydroxyl groups is 8. The molecule has 18 heteroatoms. The average molecular weight is 657 g/mol. The molecule has 45 heavy (non-hydrogen) atoms. The van der Waals surface area contributed by atoms with E-state index in [-0.39, 0.29) is 24.3 Å². The van der Waals surface area contributed by atoms with Crippen LogP contribution in [0.3, 0.4) is 0 Å². The molecule has 13 N–H and O–H groups in total. The first-order valence-electron chi connectivity index (χ1n) is 15.4. The largest absolute Gasteiger partial charge is 0.394 e. The second-order valence-corrected chi connectivity index (χ2v) is 12.0. The van der Waals surface area contributed by atoms with Crippen molar-refractivity contribution < 1.29 is 69.5 Å². The van der Waals surface area contributed by atoms with E-state index in [2.05, 4.69) is 21.3 Å². The molecule has 1 aliphatic carbocycles. The number of hydrogen-bond acceptors (Lipinski definition) is 17. The standard InChI is InChI=1S/C27H53N5O13/c1-28-7-6-13(34)25(41)32(5)12-8-11(30-3)23(44-27-21(39)20(38)18(36)14(42-27)9-29-2)22(40)24(12)45-26-19(37)16(31-4)17(35)15(10-33)43-26/h11-24,26-31,33-40H,6-10H2,1-5H3/p+1/t11?,12?,13-,14?,15?,16?,17?,18?,19?,20?,21?,22?,23?,24?,26?,27?/m0/s1. The van der Waals surface area contributed by atoms with Gasteiger partial charge in [0, 0.05) is 19.0 Å². The van der Waals surface area contributed by atoms with Crippen molar-refractivity contribution >= 4 is 5.91 Å². The van der Waals surface area contributed by atoms with Gasteiger partial charge < -0.3 is 81.1 Å². The molecule has 3 aliphatic rings. The van der Waals surface area contributed by atoms with Crippen molar-refractivity contribution in [1.29, 1.82) is 0 Å². The van der Waals surface area contributed by atoms with Gasteiger partial charge in [0.15, 0.2) is 18.7 Å². The van der Waals surface area contributed by atoms with Gasteiger partial charge in [0.1, 0.15) is 67.1 Å². The summed E-state index contributed by atoms with van der Waals surface area (Å²) in [5, 5.41) is 96.9. The molecular weight excluding hydrogens is 602 g/mol. The number of carbonyl (C=O) groups excluding carboxylic acids is 1. The van der Waals surface area contributed by atoms with Crippen molar-refractivity contribution in [3.05, 3.63) is 0 Å². The quantitative estimate of drug-likeness (QED) is 0.0827. The maximum absolute atomic E-state index is 13.3. The Morgan fingerprint density at radius 2 is 1.44 bits per heavy atom. The third kappa shape index (κ3) is 8.54. The Hall–Kier alpha value is -1.01. The smallest absolute Gasteiger partial charge is 0.340 e. The first kappa shape index (κ1) is 38.4. The highest BCUT2D eigenvalue weighted by molar-refractivity contribution is 5.71. The number of hydrogen-bond donors (Lipinski definition) is 13. The molecule has 0 bridgehead atoms. The lowest BCUT2D eigenvalue weighted by molar-refractivity contribution is -0.837. The molecule has 1 amide bonds.